The van der Waals surface area contributed by atoms with E-state index in [4.69, 9.17) is 4.74 Å². The summed E-state index contributed by atoms with van der Waals surface area (Å²) in [5.41, 5.74) is 5.21. The highest BCUT2D eigenvalue weighted by molar-refractivity contribution is 5.92. The van der Waals surface area contributed by atoms with Crippen molar-refractivity contribution in [3.63, 3.8) is 0 Å². The van der Waals surface area contributed by atoms with Crippen LogP contribution >= 0.6 is 0 Å². The van der Waals surface area contributed by atoms with E-state index in [1.807, 2.05) is 55.1 Å². The van der Waals surface area contributed by atoms with E-state index in [2.05, 4.69) is 5.32 Å². The topological polar surface area (TPSA) is 58.6 Å². The summed E-state index contributed by atoms with van der Waals surface area (Å²) in [6.45, 7) is 6.87. The van der Waals surface area contributed by atoms with Gasteiger partial charge in [-0.2, -0.15) is 0 Å². The van der Waals surface area contributed by atoms with Crippen LogP contribution in [0.5, 0.6) is 5.75 Å². The number of aryl methyl sites for hydroxylation is 1. The van der Waals surface area contributed by atoms with Crippen LogP contribution in [0.15, 0.2) is 36.4 Å². The van der Waals surface area contributed by atoms with Gasteiger partial charge in [-0.25, -0.2) is 0 Å². The van der Waals surface area contributed by atoms with E-state index in [9.17, 15) is 9.59 Å². The average molecular weight is 352 g/mol. The lowest BCUT2D eigenvalue weighted by Crippen LogP contribution is -2.34. The number of carbonyl (C=O) groups is 2. The zero-order valence-electron chi connectivity index (χ0n) is 15.5. The van der Waals surface area contributed by atoms with Gasteiger partial charge in [0.2, 0.25) is 5.91 Å². The molecule has 0 unspecified atom stereocenters. The predicted octanol–water partition coefficient (Wildman–Crippen LogP) is 3.23. The molecule has 3 rings (SSSR count). The Morgan fingerprint density at radius 1 is 1.15 bits per heavy atom. The molecule has 2 aromatic carbocycles. The fraction of sp³-hybridized carbons (Fsp3) is 0.333. The average Bonchev–Trinajstić information content (AvgIpc) is 2.62. The fourth-order valence-electron chi connectivity index (χ4n) is 3.12. The van der Waals surface area contributed by atoms with Gasteiger partial charge in [0.25, 0.3) is 5.91 Å². The van der Waals surface area contributed by atoms with Gasteiger partial charge in [0, 0.05) is 25.7 Å². The number of hydrogen-bond acceptors (Lipinski definition) is 3. The number of ether oxygens (including phenoxy) is 1. The van der Waals surface area contributed by atoms with E-state index >= 15 is 0 Å². The summed E-state index contributed by atoms with van der Waals surface area (Å²) in [6, 6.07) is 11.7. The molecule has 1 aliphatic rings. The molecule has 0 saturated carbocycles. The number of fused-ring (bicyclic) bond motifs is 1. The third kappa shape index (κ3) is 4.04. The molecule has 0 aromatic heterocycles. The number of amides is 2. The van der Waals surface area contributed by atoms with E-state index in [1.165, 1.54) is 5.56 Å². The normalized spacial score (nSPS) is 13.1. The number of hydrogen-bond donors (Lipinski definition) is 1. The summed E-state index contributed by atoms with van der Waals surface area (Å²) in [7, 11) is 0. The van der Waals surface area contributed by atoms with Crippen LogP contribution in [-0.2, 0) is 22.6 Å². The molecule has 1 aliphatic heterocycles. The molecule has 136 valence electrons. The first kappa shape index (κ1) is 18.0. The van der Waals surface area contributed by atoms with Crippen molar-refractivity contribution in [2.75, 3.05) is 18.5 Å². The molecule has 0 bridgehead atoms. The van der Waals surface area contributed by atoms with Gasteiger partial charge in [-0.05, 0) is 60.7 Å². The van der Waals surface area contributed by atoms with E-state index < -0.39 is 0 Å². The van der Waals surface area contributed by atoms with Crippen LogP contribution in [0.25, 0.3) is 0 Å². The van der Waals surface area contributed by atoms with E-state index in [0.717, 1.165) is 41.1 Å². The van der Waals surface area contributed by atoms with Crippen molar-refractivity contribution in [2.45, 2.75) is 33.7 Å². The Morgan fingerprint density at radius 3 is 2.73 bits per heavy atom. The second-order valence-corrected chi connectivity index (χ2v) is 6.71. The van der Waals surface area contributed by atoms with Crippen molar-refractivity contribution in [3.05, 3.63) is 58.7 Å². The molecule has 0 aliphatic carbocycles. The first-order valence-corrected chi connectivity index (χ1v) is 8.80. The summed E-state index contributed by atoms with van der Waals surface area (Å²) in [5, 5.41) is 2.87. The lowest BCUT2D eigenvalue weighted by molar-refractivity contribution is -0.129. The van der Waals surface area contributed by atoms with Gasteiger partial charge in [-0.15, -0.1) is 0 Å². The van der Waals surface area contributed by atoms with Crippen LogP contribution in [0.3, 0.4) is 0 Å². The zero-order valence-corrected chi connectivity index (χ0v) is 15.5. The summed E-state index contributed by atoms with van der Waals surface area (Å²) in [6.07, 6.45) is 0.846. The number of rotatable bonds is 4. The van der Waals surface area contributed by atoms with Crippen LogP contribution in [-0.4, -0.2) is 29.9 Å². The van der Waals surface area contributed by atoms with Crippen molar-refractivity contribution in [1.82, 2.24) is 4.90 Å². The highest BCUT2D eigenvalue weighted by atomic mass is 16.5. The predicted molar refractivity (Wildman–Crippen MR) is 101 cm³/mol. The van der Waals surface area contributed by atoms with Crippen LogP contribution in [0.2, 0.25) is 0 Å². The molecule has 2 amide bonds. The van der Waals surface area contributed by atoms with Gasteiger partial charge in [0.15, 0.2) is 6.61 Å². The number of anilines is 1. The minimum atomic E-state index is -0.204. The van der Waals surface area contributed by atoms with Gasteiger partial charge >= 0.3 is 0 Å². The molecule has 1 N–H and O–H groups in total. The van der Waals surface area contributed by atoms with E-state index in [-0.39, 0.29) is 18.4 Å². The van der Waals surface area contributed by atoms with Crippen LogP contribution in [0, 0.1) is 13.8 Å². The summed E-state index contributed by atoms with van der Waals surface area (Å²) in [5.74, 6) is 0.597. The highest BCUT2D eigenvalue weighted by Crippen LogP contribution is 2.23. The maximum absolute atomic E-state index is 12.2. The molecular formula is C21H24N2O3. The molecule has 2 aromatic rings. The van der Waals surface area contributed by atoms with Crippen LogP contribution in [0.1, 0.15) is 29.2 Å². The van der Waals surface area contributed by atoms with Gasteiger partial charge in [-0.3, -0.25) is 9.59 Å². The Balaban J connectivity index is 1.62. The molecule has 0 spiro atoms. The third-order valence-corrected chi connectivity index (χ3v) is 4.86. The van der Waals surface area contributed by atoms with E-state index in [0.29, 0.717) is 6.54 Å². The lowest BCUT2D eigenvalue weighted by atomic mass is 9.99. The lowest BCUT2D eigenvalue weighted by Gasteiger charge is -2.28. The third-order valence-electron chi connectivity index (χ3n) is 4.86. The van der Waals surface area contributed by atoms with Crippen LogP contribution < -0.4 is 10.1 Å². The Morgan fingerprint density at radius 2 is 1.96 bits per heavy atom. The first-order chi connectivity index (χ1) is 12.4. The Labute approximate surface area is 154 Å². The minimum Gasteiger partial charge on any atom is -0.483 e. The Kier molecular flexibility index (Phi) is 5.26. The van der Waals surface area contributed by atoms with Gasteiger partial charge < -0.3 is 15.0 Å². The fourth-order valence-corrected chi connectivity index (χ4v) is 3.12. The zero-order chi connectivity index (χ0) is 18.7. The van der Waals surface area contributed by atoms with Gasteiger partial charge in [0.05, 0.1) is 0 Å². The molecule has 0 fully saturated rings. The molecule has 0 radical (unpaired) electrons. The standard InChI is InChI=1S/C21H24N2O3/c1-14-5-4-6-20(15(14)2)26-13-21(25)22-19-8-7-17-9-10-23(16(3)24)12-18(17)11-19/h4-8,11H,9-10,12-13H2,1-3H3,(H,22,25). The second-order valence-electron chi connectivity index (χ2n) is 6.71. The molecule has 0 saturated heterocycles. The monoisotopic (exact) mass is 352 g/mol. The smallest absolute Gasteiger partial charge is 0.262 e. The van der Waals surface area contributed by atoms with Crippen LogP contribution in [0.4, 0.5) is 5.69 Å². The van der Waals surface area contributed by atoms with Gasteiger partial charge in [-0.1, -0.05) is 18.2 Å². The van der Waals surface area contributed by atoms with E-state index in [1.54, 1.807) is 6.92 Å². The number of nitrogens with zero attached hydrogens (tertiary/aromatic N) is 1. The Bertz CT molecular complexity index is 845. The number of carbonyl (C=O) groups excluding carboxylic acids is 2. The molecule has 26 heavy (non-hydrogen) atoms. The number of nitrogens with one attached hydrogen (secondary N) is 1. The van der Waals surface area contributed by atoms with Crippen molar-refractivity contribution in [2.24, 2.45) is 0 Å². The maximum atomic E-state index is 12.2. The molecule has 5 heteroatoms. The van der Waals surface area contributed by atoms with Crippen molar-refractivity contribution >= 4 is 17.5 Å². The quantitative estimate of drug-likeness (QED) is 0.919. The Hall–Kier alpha value is -2.82. The molecule has 5 nitrogen and oxygen atoms in total. The molecule has 1 heterocycles. The largest absolute Gasteiger partial charge is 0.483 e. The summed E-state index contributed by atoms with van der Waals surface area (Å²) < 4.78 is 5.65. The first-order valence-electron chi connectivity index (χ1n) is 8.80. The minimum absolute atomic E-state index is 0.0407. The second kappa shape index (κ2) is 7.60. The van der Waals surface area contributed by atoms with Crippen molar-refractivity contribution < 1.29 is 14.3 Å². The van der Waals surface area contributed by atoms with Crippen molar-refractivity contribution in [1.29, 1.82) is 0 Å². The molecular weight excluding hydrogens is 328 g/mol. The number of benzene rings is 2. The maximum Gasteiger partial charge on any atom is 0.262 e. The highest BCUT2D eigenvalue weighted by Gasteiger charge is 2.18. The van der Waals surface area contributed by atoms with Gasteiger partial charge in [0.1, 0.15) is 5.75 Å². The van der Waals surface area contributed by atoms with Crippen molar-refractivity contribution in [3.8, 4) is 5.75 Å². The summed E-state index contributed by atoms with van der Waals surface area (Å²) >= 11 is 0. The summed E-state index contributed by atoms with van der Waals surface area (Å²) in [4.78, 5) is 25.6. The SMILES string of the molecule is CC(=O)N1CCc2ccc(NC(=O)COc3cccc(C)c3C)cc2C1. The molecule has 0 atom stereocenters.